The lowest BCUT2D eigenvalue weighted by atomic mass is 10.2. The van der Waals surface area contributed by atoms with Crippen LogP contribution in [-0.4, -0.2) is 63.1 Å². The summed E-state index contributed by atoms with van der Waals surface area (Å²) in [6.07, 6.45) is 2.25. The average molecular weight is 452 g/mol. The third-order valence-electron chi connectivity index (χ3n) is 5.11. The van der Waals surface area contributed by atoms with Crippen LogP contribution in [0.15, 0.2) is 35.4 Å². The molecule has 31 heavy (non-hydrogen) atoms. The predicted octanol–water partition coefficient (Wildman–Crippen LogP) is 1.62. The van der Waals surface area contributed by atoms with Crippen LogP contribution < -0.4 is 14.8 Å². The van der Waals surface area contributed by atoms with E-state index in [9.17, 15) is 18.0 Å². The summed E-state index contributed by atoms with van der Waals surface area (Å²) in [5, 5.41) is 2.75. The monoisotopic (exact) mass is 451 g/mol. The summed E-state index contributed by atoms with van der Waals surface area (Å²) in [4.78, 5) is 24.7. The highest BCUT2D eigenvalue weighted by molar-refractivity contribution is 7.89. The Morgan fingerprint density at radius 3 is 2.29 bits per heavy atom. The van der Waals surface area contributed by atoms with Crippen molar-refractivity contribution in [2.45, 2.75) is 23.8 Å². The van der Waals surface area contributed by atoms with Gasteiger partial charge in [-0.15, -0.1) is 0 Å². The highest BCUT2D eigenvalue weighted by Gasteiger charge is 2.40. The standard InChI is InChI=1S/C20H25N3O7S/c1-22-12-16(11-18(22)20(25)30-4)31(26,27)23-7-5-6-17(23)19(24)21-13-8-14(28-2)10-15(9-13)29-3/h8-12,17H,5-7H2,1-4H3,(H,21,24)/t17-/m0/s1. The molecule has 3 rings (SSSR count). The summed E-state index contributed by atoms with van der Waals surface area (Å²) in [6.45, 7) is 0.199. The molecule has 0 unspecified atom stereocenters. The molecule has 1 aliphatic rings. The minimum Gasteiger partial charge on any atom is -0.497 e. The van der Waals surface area contributed by atoms with E-state index in [4.69, 9.17) is 9.47 Å². The molecule has 10 nitrogen and oxygen atoms in total. The Balaban J connectivity index is 1.85. The fraction of sp³-hybridized carbons (Fsp3) is 0.400. The van der Waals surface area contributed by atoms with Gasteiger partial charge in [-0.1, -0.05) is 0 Å². The molecule has 1 fully saturated rings. The van der Waals surface area contributed by atoms with Crippen molar-refractivity contribution < 1.29 is 32.2 Å². The van der Waals surface area contributed by atoms with Crippen molar-refractivity contribution in [1.29, 1.82) is 0 Å². The quantitative estimate of drug-likeness (QED) is 0.636. The van der Waals surface area contributed by atoms with Crippen LogP contribution in [0.25, 0.3) is 0 Å². The Morgan fingerprint density at radius 1 is 1.06 bits per heavy atom. The van der Waals surface area contributed by atoms with Crippen molar-refractivity contribution in [2.24, 2.45) is 7.05 Å². The van der Waals surface area contributed by atoms with E-state index in [1.807, 2.05) is 0 Å². The van der Waals surface area contributed by atoms with Crippen molar-refractivity contribution in [2.75, 3.05) is 33.2 Å². The van der Waals surface area contributed by atoms with Crippen LogP contribution in [0.5, 0.6) is 11.5 Å². The summed E-state index contributed by atoms with van der Waals surface area (Å²) in [5.41, 5.74) is 0.530. The maximum atomic E-state index is 13.2. The molecule has 2 heterocycles. The highest BCUT2D eigenvalue weighted by Crippen LogP contribution is 2.30. The number of carbonyl (C=O) groups excluding carboxylic acids is 2. The first-order valence-corrected chi connectivity index (χ1v) is 11.0. The zero-order valence-corrected chi connectivity index (χ0v) is 18.6. The van der Waals surface area contributed by atoms with Crippen molar-refractivity contribution in [3.05, 3.63) is 36.2 Å². The van der Waals surface area contributed by atoms with Gasteiger partial charge in [0.05, 0.1) is 21.3 Å². The molecular weight excluding hydrogens is 426 g/mol. The Bertz CT molecular complexity index is 1070. The molecule has 0 radical (unpaired) electrons. The third kappa shape index (κ3) is 4.52. The molecule has 1 aliphatic heterocycles. The number of hydrogen-bond donors (Lipinski definition) is 1. The Hall–Kier alpha value is -3.05. The largest absolute Gasteiger partial charge is 0.497 e. The van der Waals surface area contributed by atoms with E-state index in [0.717, 1.165) is 4.31 Å². The number of anilines is 1. The van der Waals surface area contributed by atoms with Crippen LogP contribution >= 0.6 is 0 Å². The molecule has 1 atom stereocenters. The molecule has 1 aromatic heterocycles. The number of rotatable bonds is 7. The van der Waals surface area contributed by atoms with Crippen molar-refractivity contribution in [1.82, 2.24) is 8.87 Å². The van der Waals surface area contributed by atoms with Crippen LogP contribution in [-0.2, 0) is 26.6 Å². The van der Waals surface area contributed by atoms with Crippen LogP contribution in [0.3, 0.4) is 0 Å². The van der Waals surface area contributed by atoms with Crippen molar-refractivity contribution in [3.63, 3.8) is 0 Å². The second kappa shape index (κ2) is 8.98. The summed E-state index contributed by atoms with van der Waals surface area (Å²) < 4.78 is 44.1. The number of nitrogens with one attached hydrogen (secondary N) is 1. The van der Waals surface area contributed by atoms with Gasteiger partial charge in [-0.3, -0.25) is 4.79 Å². The zero-order valence-electron chi connectivity index (χ0n) is 17.7. The van der Waals surface area contributed by atoms with Gasteiger partial charge >= 0.3 is 5.97 Å². The molecule has 0 aliphatic carbocycles. The SMILES string of the molecule is COC(=O)c1cc(S(=O)(=O)N2CCC[C@H]2C(=O)Nc2cc(OC)cc(OC)c2)cn1C. The number of hydrogen-bond acceptors (Lipinski definition) is 7. The second-order valence-electron chi connectivity index (χ2n) is 7.03. The maximum absolute atomic E-state index is 13.2. The van der Waals surface area contributed by atoms with Gasteiger partial charge in [-0.2, -0.15) is 4.31 Å². The number of aromatic nitrogens is 1. The van der Waals surface area contributed by atoms with Crippen LogP contribution in [0, 0.1) is 0 Å². The molecule has 0 bridgehead atoms. The Labute approximate surface area is 180 Å². The first-order chi connectivity index (χ1) is 14.7. The summed E-state index contributed by atoms with van der Waals surface area (Å²) >= 11 is 0. The molecule has 168 valence electrons. The molecule has 1 N–H and O–H groups in total. The average Bonchev–Trinajstić information content (AvgIpc) is 3.40. The number of amides is 1. The summed E-state index contributed by atoms with van der Waals surface area (Å²) in [6, 6.07) is 5.27. The lowest BCUT2D eigenvalue weighted by Crippen LogP contribution is -2.43. The van der Waals surface area contributed by atoms with Gasteiger partial charge in [0, 0.05) is 43.7 Å². The molecule has 1 saturated heterocycles. The number of benzene rings is 1. The number of esters is 1. The molecule has 0 spiro atoms. The molecule has 0 saturated carbocycles. The highest BCUT2D eigenvalue weighted by atomic mass is 32.2. The van der Waals surface area contributed by atoms with Gasteiger partial charge < -0.3 is 24.1 Å². The van der Waals surface area contributed by atoms with Gasteiger partial charge in [-0.25, -0.2) is 13.2 Å². The van der Waals surface area contributed by atoms with Gasteiger partial charge in [0.2, 0.25) is 15.9 Å². The smallest absolute Gasteiger partial charge is 0.354 e. The number of carbonyl (C=O) groups is 2. The van der Waals surface area contributed by atoms with E-state index in [2.05, 4.69) is 10.1 Å². The van der Waals surface area contributed by atoms with Gasteiger partial charge in [-0.05, 0) is 18.9 Å². The minimum atomic E-state index is -4.00. The van der Waals surface area contributed by atoms with Crippen molar-refractivity contribution >= 4 is 27.6 Å². The van der Waals surface area contributed by atoms with E-state index >= 15 is 0 Å². The van der Waals surface area contributed by atoms with Gasteiger partial charge in [0.25, 0.3) is 0 Å². The zero-order chi connectivity index (χ0) is 22.8. The first kappa shape index (κ1) is 22.6. The number of nitrogens with zero attached hydrogens (tertiary/aromatic N) is 2. The van der Waals surface area contributed by atoms with Crippen molar-refractivity contribution in [3.8, 4) is 11.5 Å². The van der Waals surface area contributed by atoms with E-state index in [1.54, 1.807) is 25.2 Å². The predicted molar refractivity (Wildman–Crippen MR) is 112 cm³/mol. The third-order valence-corrected chi connectivity index (χ3v) is 6.98. The topological polar surface area (TPSA) is 116 Å². The normalized spacial score (nSPS) is 16.7. The van der Waals surface area contributed by atoms with Gasteiger partial charge in [0.1, 0.15) is 28.1 Å². The Morgan fingerprint density at radius 2 is 1.71 bits per heavy atom. The summed E-state index contributed by atoms with van der Waals surface area (Å²) in [5.74, 6) is -0.123. The van der Waals surface area contributed by atoms with Crippen LogP contribution in [0.1, 0.15) is 23.3 Å². The minimum absolute atomic E-state index is 0.0712. The van der Waals surface area contributed by atoms with E-state index in [0.29, 0.717) is 30.0 Å². The first-order valence-electron chi connectivity index (χ1n) is 9.51. The Kier molecular flexibility index (Phi) is 6.56. The number of aryl methyl sites for hydroxylation is 1. The fourth-order valence-corrected chi connectivity index (χ4v) is 5.24. The molecule has 1 aromatic carbocycles. The van der Waals surface area contributed by atoms with Crippen LogP contribution in [0.4, 0.5) is 5.69 Å². The van der Waals surface area contributed by atoms with Gasteiger partial charge in [0.15, 0.2) is 0 Å². The number of ether oxygens (including phenoxy) is 3. The fourth-order valence-electron chi connectivity index (χ4n) is 3.51. The lowest BCUT2D eigenvalue weighted by molar-refractivity contribution is -0.119. The maximum Gasteiger partial charge on any atom is 0.354 e. The van der Waals surface area contributed by atoms with E-state index in [-0.39, 0.29) is 17.1 Å². The number of methoxy groups -OCH3 is 3. The van der Waals surface area contributed by atoms with E-state index < -0.39 is 27.9 Å². The molecule has 11 heteroatoms. The lowest BCUT2D eigenvalue weighted by Gasteiger charge is -2.23. The second-order valence-corrected chi connectivity index (χ2v) is 8.92. The molecule has 2 aromatic rings. The number of sulfonamides is 1. The van der Waals surface area contributed by atoms with E-state index in [1.165, 1.54) is 38.2 Å². The molecule has 1 amide bonds. The molecular formula is C20H25N3O7S. The van der Waals surface area contributed by atoms with Crippen LogP contribution in [0.2, 0.25) is 0 Å². The summed E-state index contributed by atoms with van der Waals surface area (Å²) in [7, 11) is 1.76.